The first-order valence-electron chi connectivity index (χ1n) is 6.42. The minimum atomic E-state index is -0.874. The van der Waals surface area contributed by atoms with Crippen molar-refractivity contribution in [2.45, 2.75) is 32.3 Å². The van der Waals surface area contributed by atoms with Gasteiger partial charge in [0, 0.05) is 12.0 Å². The average molecular weight is 255 g/mol. The third-order valence-electron chi connectivity index (χ3n) is 3.67. The van der Waals surface area contributed by atoms with Crippen LogP contribution in [0.25, 0.3) is 0 Å². The highest BCUT2D eigenvalue weighted by molar-refractivity contribution is 5.24. The number of rotatable bonds is 3. The van der Waals surface area contributed by atoms with E-state index in [1.165, 1.54) is 6.07 Å². The van der Waals surface area contributed by atoms with Crippen LogP contribution in [0.1, 0.15) is 26.2 Å². The van der Waals surface area contributed by atoms with Crippen LogP contribution in [-0.2, 0) is 0 Å². The maximum absolute atomic E-state index is 13.1. The van der Waals surface area contributed by atoms with E-state index in [9.17, 15) is 8.78 Å². The molecule has 0 radical (unpaired) electrons. The number of benzene rings is 1. The first-order chi connectivity index (χ1) is 8.60. The third-order valence-corrected chi connectivity index (χ3v) is 3.67. The van der Waals surface area contributed by atoms with Gasteiger partial charge in [0.1, 0.15) is 11.9 Å². The fourth-order valence-electron chi connectivity index (χ4n) is 2.53. The Morgan fingerprint density at radius 3 is 2.72 bits per heavy atom. The van der Waals surface area contributed by atoms with E-state index >= 15 is 0 Å². The van der Waals surface area contributed by atoms with Crippen molar-refractivity contribution in [2.75, 3.05) is 6.54 Å². The van der Waals surface area contributed by atoms with E-state index < -0.39 is 11.6 Å². The Balaban J connectivity index is 2.08. The van der Waals surface area contributed by atoms with Gasteiger partial charge in [-0.15, -0.1) is 0 Å². The second kappa shape index (κ2) is 5.65. The summed E-state index contributed by atoms with van der Waals surface area (Å²) < 4.78 is 31.7. The van der Waals surface area contributed by atoms with Crippen LogP contribution in [0.15, 0.2) is 18.2 Å². The number of nitrogens with two attached hydrogens (primary N) is 1. The maximum atomic E-state index is 13.1. The minimum Gasteiger partial charge on any atom is -0.490 e. The molecule has 2 nitrogen and oxygen atoms in total. The lowest BCUT2D eigenvalue weighted by Gasteiger charge is -2.34. The van der Waals surface area contributed by atoms with Crippen molar-refractivity contribution < 1.29 is 13.5 Å². The quantitative estimate of drug-likeness (QED) is 0.900. The van der Waals surface area contributed by atoms with Crippen LogP contribution in [0, 0.1) is 23.5 Å². The van der Waals surface area contributed by atoms with Crippen molar-refractivity contribution in [3.05, 3.63) is 29.8 Å². The Morgan fingerprint density at radius 2 is 2.06 bits per heavy atom. The van der Waals surface area contributed by atoms with E-state index in [0.29, 0.717) is 24.1 Å². The maximum Gasteiger partial charge on any atom is 0.162 e. The van der Waals surface area contributed by atoms with Gasteiger partial charge in [0.15, 0.2) is 11.6 Å². The van der Waals surface area contributed by atoms with Crippen LogP contribution in [0.3, 0.4) is 0 Å². The molecule has 2 N–H and O–H groups in total. The van der Waals surface area contributed by atoms with Crippen molar-refractivity contribution in [1.82, 2.24) is 0 Å². The fraction of sp³-hybridized carbons (Fsp3) is 0.571. The van der Waals surface area contributed by atoms with Gasteiger partial charge in [-0.3, -0.25) is 0 Å². The van der Waals surface area contributed by atoms with Gasteiger partial charge in [0.05, 0.1) is 0 Å². The van der Waals surface area contributed by atoms with Crippen molar-refractivity contribution in [3.8, 4) is 5.75 Å². The van der Waals surface area contributed by atoms with Gasteiger partial charge < -0.3 is 10.5 Å². The van der Waals surface area contributed by atoms with Crippen LogP contribution >= 0.6 is 0 Å². The summed E-state index contributed by atoms with van der Waals surface area (Å²) in [6, 6.07) is 3.65. The summed E-state index contributed by atoms with van der Waals surface area (Å²) in [4.78, 5) is 0. The molecule has 3 atom stereocenters. The SMILES string of the molecule is CC1CCC(CN)C(Oc2ccc(F)c(F)c2)C1. The zero-order chi connectivity index (χ0) is 13.1. The summed E-state index contributed by atoms with van der Waals surface area (Å²) in [6.07, 6.45) is 3.11. The van der Waals surface area contributed by atoms with E-state index in [4.69, 9.17) is 10.5 Å². The molecule has 18 heavy (non-hydrogen) atoms. The van der Waals surface area contributed by atoms with Crippen LogP contribution in [0.2, 0.25) is 0 Å². The number of hydrogen-bond acceptors (Lipinski definition) is 2. The molecule has 0 amide bonds. The molecule has 0 aliphatic heterocycles. The smallest absolute Gasteiger partial charge is 0.162 e. The van der Waals surface area contributed by atoms with Crippen molar-refractivity contribution >= 4 is 0 Å². The Morgan fingerprint density at radius 1 is 1.28 bits per heavy atom. The molecule has 1 aromatic carbocycles. The van der Waals surface area contributed by atoms with Crippen LogP contribution in [-0.4, -0.2) is 12.6 Å². The molecule has 0 heterocycles. The summed E-state index contributed by atoms with van der Waals surface area (Å²) in [7, 11) is 0. The van der Waals surface area contributed by atoms with Gasteiger partial charge in [-0.05, 0) is 37.4 Å². The Bertz CT molecular complexity index is 411. The van der Waals surface area contributed by atoms with Crippen LogP contribution in [0.4, 0.5) is 8.78 Å². The summed E-state index contributed by atoms with van der Waals surface area (Å²) in [6.45, 7) is 2.75. The zero-order valence-electron chi connectivity index (χ0n) is 10.5. The molecular weight excluding hydrogens is 236 g/mol. The predicted octanol–water partition coefficient (Wildman–Crippen LogP) is 3.11. The van der Waals surface area contributed by atoms with Gasteiger partial charge in [-0.25, -0.2) is 8.78 Å². The third kappa shape index (κ3) is 2.99. The van der Waals surface area contributed by atoms with E-state index in [1.807, 2.05) is 0 Å². The Kier molecular flexibility index (Phi) is 4.17. The van der Waals surface area contributed by atoms with Crippen molar-refractivity contribution in [3.63, 3.8) is 0 Å². The molecule has 1 aromatic rings. The summed E-state index contributed by atoms with van der Waals surface area (Å²) in [5, 5.41) is 0. The lowest BCUT2D eigenvalue weighted by molar-refractivity contribution is 0.0738. The topological polar surface area (TPSA) is 35.2 Å². The predicted molar refractivity (Wildman–Crippen MR) is 66.3 cm³/mol. The van der Waals surface area contributed by atoms with E-state index in [2.05, 4.69) is 6.92 Å². The highest BCUT2D eigenvalue weighted by Crippen LogP contribution is 2.31. The standard InChI is InChI=1S/C14H19F2NO/c1-9-2-3-10(8-17)14(6-9)18-11-4-5-12(15)13(16)7-11/h4-5,7,9-10,14H,2-3,6,8,17H2,1H3. The molecule has 2 rings (SSSR count). The van der Waals surface area contributed by atoms with Crippen molar-refractivity contribution in [1.29, 1.82) is 0 Å². The zero-order valence-corrected chi connectivity index (χ0v) is 10.5. The number of halogens is 2. The second-order valence-electron chi connectivity index (χ2n) is 5.15. The van der Waals surface area contributed by atoms with E-state index in [0.717, 1.165) is 31.4 Å². The van der Waals surface area contributed by atoms with Crippen molar-refractivity contribution in [2.24, 2.45) is 17.6 Å². The van der Waals surface area contributed by atoms with E-state index in [-0.39, 0.29) is 6.10 Å². The van der Waals surface area contributed by atoms with Gasteiger partial charge in [0.2, 0.25) is 0 Å². The molecule has 1 saturated carbocycles. The minimum absolute atomic E-state index is 0.00334. The van der Waals surface area contributed by atoms with Crippen LogP contribution < -0.4 is 10.5 Å². The summed E-state index contributed by atoms with van der Waals surface area (Å²) in [5.74, 6) is -0.459. The summed E-state index contributed by atoms with van der Waals surface area (Å²) in [5.41, 5.74) is 5.73. The summed E-state index contributed by atoms with van der Waals surface area (Å²) >= 11 is 0. The molecule has 1 aliphatic rings. The fourth-order valence-corrected chi connectivity index (χ4v) is 2.53. The molecule has 1 fully saturated rings. The monoisotopic (exact) mass is 255 g/mol. The molecule has 3 unspecified atom stereocenters. The Labute approximate surface area is 106 Å². The normalized spacial score (nSPS) is 28.1. The Hall–Kier alpha value is -1.16. The first-order valence-corrected chi connectivity index (χ1v) is 6.42. The lowest BCUT2D eigenvalue weighted by atomic mass is 9.80. The van der Waals surface area contributed by atoms with Gasteiger partial charge >= 0.3 is 0 Å². The molecule has 1 aliphatic carbocycles. The highest BCUT2D eigenvalue weighted by Gasteiger charge is 2.29. The average Bonchev–Trinajstić information content (AvgIpc) is 2.34. The molecular formula is C14H19F2NO. The van der Waals surface area contributed by atoms with Gasteiger partial charge in [-0.2, -0.15) is 0 Å². The molecule has 100 valence electrons. The highest BCUT2D eigenvalue weighted by atomic mass is 19.2. The molecule has 0 spiro atoms. The lowest BCUT2D eigenvalue weighted by Crippen LogP contribution is -2.37. The molecule has 0 bridgehead atoms. The molecule has 0 saturated heterocycles. The molecule has 4 heteroatoms. The largest absolute Gasteiger partial charge is 0.490 e. The van der Waals surface area contributed by atoms with Gasteiger partial charge in [0.25, 0.3) is 0 Å². The van der Waals surface area contributed by atoms with Crippen LogP contribution in [0.5, 0.6) is 5.75 Å². The van der Waals surface area contributed by atoms with E-state index in [1.54, 1.807) is 0 Å². The second-order valence-corrected chi connectivity index (χ2v) is 5.15. The molecule has 0 aromatic heterocycles. The first kappa shape index (κ1) is 13.3. The van der Waals surface area contributed by atoms with Gasteiger partial charge in [-0.1, -0.05) is 13.3 Å². The number of ether oxygens (including phenoxy) is 1. The number of hydrogen-bond donors (Lipinski definition) is 1.